The van der Waals surface area contributed by atoms with Gasteiger partial charge in [-0.3, -0.25) is 5.43 Å². The fraction of sp³-hybridized carbons (Fsp3) is 0.667. The molecule has 0 fully saturated rings. The summed E-state index contributed by atoms with van der Waals surface area (Å²) in [6, 6.07) is 0.292. The zero-order valence-electron chi connectivity index (χ0n) is 9.90. The number of nitrogen functional groups attached to an aromatic ring is 1. The average molecular weight is 226 g/mol. The Balaban J connectivity index is 2.91. The molecule has 0 saturated heterocycles. The van der Waals surface area contributed by atoms with E-state index in [-0.39, 0.29) is 0 Å². The molecular formula is C9H18N6O. The van der Waals surface area contributed by atoms with Crippen LogP contribution in [0.25, 0.3) is 0 Å². The Hall–Kier alpha value is -1.63. The first-order valence-corrected chi connectivity index (χ1v) is 5.27. The molecule has 7 nitrogen and oxygen atoms in total. The third-order valence-corrected chi connectivity index (χ3v) is 1.98. The molecule has 1 aromatic rings. The summed E-state index contributed by atoms with van der Waals surface area (Å²) in [5.41, 5.74) is 2.39. The zero-order valence-corrected chi connectivity index (χ0v) is 9.90. The summed E-state index contributed by atoms with van der Waals surface area (Å²) < 4.78 is 5.35. The van der Waals surface area contributed by atoms with Crippen LogP contribution in [0.3, 0.4) is 0 Å². The first-order valence-electron chi connectivity index (χ1n) is 5.27. The lowest BCUT2D eigenvalue weighted by Crippen LogP contribution is -2.21. The van der Waals surface area contributed by atoms with Crippen molar-refractivity contribution in [2.24, 2.45) is 5.84 Å². The number of hydrogen-bond donors (Lipinski definition) is 2. The van der Waals surface area contributed by atoms with Crippen molar-refractivity contribution in [1.29, 1.82) is 0 Å². The Morgan fingerprint density at radius 1 is 1.31 bits per heavy atom. The normalized spacial score (nSPS) is 10.0. The molecule has 0 bridgehead atoms. The summed E-state index contributed by atoms with van der Waals surface area (Å²) >= 11 is 0. The van der Waals surface area contributed by atoms with E-state index in [0.717, 1.165) is 13.0 Å². The largest absolute Gasteiger partial charge is 0.463 e. The third-order valence-electron chi connectivity index (χ3n) is 1.98. The first kappa shape index (κ1) is 12.4. The van der Waals surface area contributed by atoms with Gasteiger partial charge in [-0.1, -0.05) is 6.92 Å². The predicted octanol–water partition coefficient (Wildman–Crippen LogP) is 0.402. The van der Waals surface area contributed by atoms with Gasteiger partial charge in [-0.25, -0.2) is 5.84 Å². The number of nitrogens with two attached hydrogens (primary N) is 1. The number of nitrogens with zero attached hydrogens (tertiary/aromatic N) is 4. The summed E-state index contributed by atoms with van der Waals surface area (Å²) in [6.07, 6.45) is 0.899. The molecule has 0 radical (unpaired) electrons. The van der Waals surface area contributed by atoms with Crippen molar-refractivity contribution < 1.29 is 4.74 Å². The molecule has 0 aromatic carbocycles. The Morgan fingerprint density at radius 3 is 2.62 bits per heavy atom. The minimum atomic E-state index is 0.292. The Bertz CT molecular complexity index is 332. The minimum Gasteiger partial charge on any atom is -0.463 e. The minimum absolute atomic E-state index is 0.292. The van der Waals surface area contributed by atoms with Crippen LogP contribution in [0.4, 0.5) is 11.9 Å². The number of hydrogen-bond acceptors (Lipinski definition) is 7. The van der Waals surface area contributed by atoms with Gasteiger partial charge >= 0.3 is 6.01 Å². The van der Waals surface area contributed by atoms with Gasteiger partial charge in [-0.05, 0) is 13.3 Å². The standard InChI is InChI=1S/C9H18N6O/c1-4-6-16-9-12-7(14-10)11-8(13-9)15(3)5-2/h4-6,10H2,1-3H3,(H,11,12,13,14). The van der Waals surface area contributed by atoms with Crippen molar-refractivity contribution in [3.8, 4) is 6.01 Å². The van der Waals surface area contributed by atoms with Gasteiger partial charge in [0.25, 0.3) is 0 Å². The number of anilines is 2. The van der Waals surface area contributed by atoms with Gasteiger partial charge in [0.15, 0.2) is 0 Å². The number of rotatable bonds is 6. The lowest BCUT2D eigenvalue weighted by Gasteiger charge is -2.15. The monoisotopic (exact) mass is 226 g/mol. The molecule has 16 heavy (non-hydrogen) atoms. The van der Waals surface area contributed by atoms with Gasteiger partial charge in [0.1, 0.15) is 0 Å². The van der Waals surface area contributed by atoms with Crippen LogP contribution in [0.5, 0.6) is 6.01 Å². The molecule has 7 heteroatoms. The van der Waals surface area contributed by atoms with Gasteiger partial charge in [0.2, 0.25) is 11.9 Å². The fourth-order valence-electron chi connectivity index (χ4n) is 0.980. The predicted molar refractivity (Wildman–Crippen MR) is 62.4 cm³/mol. The van der Waals surface area contributed by atoms with Crippen LogP contribution in [0.15, 0.2) is 0 Å². The molecule has 1 rings (SSSR count). The van der Waals surface area contributed by atoms with E-state index < -0.39 is 0 Å². The highest BCUT2D eigenvalue weighted by atomic mass is 16.5. The van der Waals surface area contributed by atoms with Gasteiger partial charge in [-0.2, -0.15) is 15.0 Å². The number of ether oxygens (including phenoxy) is 1. The van der Waals surface area contributed by atoms with Crippen molar-refractivity contribution in [2.75, 3.05) is 30.5 Å². The smallest absolute Gasteiger partial charge is 0.323 e. The number of aromatic nitrogens is 3. The second kappa shape index (κ2) is 6.06. The molecule has 0 aliphatic heterocycles. The molecular weight excluding hydrogens is 208 g/mol. The summed E-state index contributed by atoms with van der Waals surface area (Å²) in [4.78, 5) is 14.2. The first-order chi connectivity index (χ1) is 7.71. The third kappa shape index (κ3) is 3.20. The van der Waals surface area contributed by atoms with E-state index in [1.807, 2.05) is 25.8 Å². The number of nitrogens with one attached hydrogen (secondary N) is 1. The van der Waals surface area contributed by atoms with E-state index in [1.165, 1.54) is 0 Å². The van der Waals surface area contributed by atoms with Crippen LogP contribution >= 0.6 is 0 Å². The highest BCUT2D eigenvalue weighted by Crippen LogP contribution is 2.13. The van der Waals surface area contributed by atoms with Gasteiger partial charge in [0.05, 0.1) is 6.61 Å². The maximum atomic E-state index is 5.35. The van der Waals surface area contributed by atoms with Crippen molar-refractivity contribution >= 4 is 11.9 Å². The van der Waals surface area contributed by atoms with Gasteiger partial charge in [0, 0.05) is 13.6 Å². The van der Waals surface area contributed by atoms with E-state index in [2.05, 4.69) is 20.4 Å². The van der Waals surface area contributed by atoms with Crippen molar-refractivity contribution in [1.82, 2.24) is 15.0 Å². The second-order valence-electron chi connectivity index (χ2n) is 3.25. The summed E-state index contributed by atoms with van der Waals surface area (Å²) in [5.74, 6) is 6.12. The molecule has 1 aromatic heterocycles. The SMILES string of the molecule is CCCOc1nc(NN)nc(N(C)CC)n1. The molecule has 0 spiro atoms. The summed E-state index contributed by atoms with van der Waals surface area (Å²) in [6.45, 7) is 5.39. The van der Waals surface area contributed by atoms with E-state index in [4.69, 9.17) is 10.6 Å². The van der Waals surface area contributed by atoms with Gasteiger partial charge in [-0.15, -0.1) is 0 Å². The average Bonchev–Trinajstić information content (AvgIpc) is 2.34. The second-order valence-corrected chi connectivity index (χ2v) is 3.25. The molecule has 0 aliphatic carbocycles. The molecule has 1 heterocycles. The van der Waals surface area contributed by atoms with Crippen molar-refractivity contribution in [3.63, 3.8) is 0 Å². The molecule has 3 N–H and O–H groups in total. The molecule has 0 unspecified atom stereocenters. The number of hydrazine groups is 1. The lowest BCUT2D eigenvalue weighted by atomic mass is 10.5. The fourth-order valence-corrected chi connectivity index (χ4v) is 0.980. The quantitative estimate of drug-likeness (QED) is 0.536. The van der Waals surface area contributed by atoms with Crippen LogP contribution < -0.4 is 20.9 Å². The van der Waals surface area contributed by atoms with Crippen molar-refractivity contribution in [3.05, 3.63) is 0 Å². The highest BCUT2D eigenvalue weighted by molar-refractivity contribution is 5.36. The highest BCUT2D eigenvalue weighted by Gasteiger charge is 2.09. The van der Waals surface area contributed by atoms with E-state index in [0.29, 0.717) is 24.5 Å². The Kier molecular flexibility index (Phi) is 4.71. The Labute approximate surface area is 95.0 Å². The lowest BCUT2D eigenvalue weighted by molar-refractivity contribution is 0.292. The molecule has 0 aliphatic rings. The van der Waals surface area contributed by atoms with Crippen LogP contribution in [0.2, 0.25) is 0 Å². The molecule has 0 amide bonds. The van der Waals surface area contributed by atoms with Crippen LogP contribution in [0, 0.1) is 0 Å². The maximum Gasteiger partial charge on any atom is 0.323 e. The summed E-state index contributed by atoms with van der Waals surface area (Å²) in [5, 5.41) is 0. The van der Waals surface area contributed by atoms with E-state index in [9.17, 15) is 0 Å². The molecule has 0 saturated carbocycles. The van der Waals surface area contributed by atoms with Gasteiger partial charge < -0.3 is 9.64 Å². The zero-order chi connectivity index (χ0) is 12.0. The van der Waals surface area contributed by atoms with Crippen molar-refractivity contribution in [2.45, 2.75) is 20.3 Å². The molecule has 0 atom stereocenters. The van der Waals surface area contributed by atoms with Crippen LogP contribution in [-0.4, -0.2) is 35.2 Å². The molecule has 90 valence electrons. The van der Waals surface area contributed by atoms with E-state index >= 15 is 0 Å². The Morgan fingerprint density at radius 2 is 2.06 bits per heavy atom. The topological polar surface area (TPSA) is 89.2 Å². The van der Waals surface area contributed by atoms with E-state index in [1.54, 1.807) is 0 Å². The van der Waals surface area contributed by atoms with Crippen LogP contribution in [-0.2, 0) is 0 Å². The summed E-state index contributed by atoms with van der Waals surface area (Å²) in [7, 11) is 1.89. The van der Waals surface area contributed by atoms with Crippen LogP contribution in [0.1, 0.15) is 20.3 Å². The maximum absolute atomic E-state index is 5.35.